The maximum atomic E-state index is 6.09. The molecule has 0 radical (unpaired) electrons. The van der Waals surface area contributed by atoms with Gasteiger partial charge in [-0.25, -0.2) is 0 Å². The first-order chi connectivity index (χ1) is 9.65. The number of benzene rings is 1. The van der Waals surface area contributed by atoms with Gasteiger partial charge in [-0.1, -0.05) is 30.7 Å². The van der Waals surface area contributed by atoms with Crippen LogP contribution in [0.5, 0.6) is 0 Å². The normalized spacial score (nSPS) is 19.2. The second-order valence-electron chi connectivity index (χ2n) is 5.99. The largest absolute Gasteiger partial charge is 0.329 e. The zero-order chi connectivity index (χ0) is 14.5. The van der Waals surface area contributed by atoms with Crippen molar-refractivity contribution in [2.75, 3.05) is 39.3 Å². The van der Waals surface area contributed by atoms with Gasteiger partial charge >= 0.3 is 0 Å². The quantitative estimate of drug-likeness (QED) is 0.895. The lowest BCUT2D eigenvalue weighted by molar-refractivity contribution is 0.0983. The Kier molecular flexibility index (Phi) is 5.58. The second kappa shape index (κ2) is 7.21. The smallest absolute Gasteiger partial charge is 0.0474 e. The van der Waals surface area contributed by atoms with Crippen LogP contribution in [0.1, 0.15) is 36.1 Å². The first-order valence-electron chi connectivity index (χ1n) is 7.89. The summed E-state index contributed by atoms with van der Waals surface area (Å²) >= 11 is 0. The molecule has 0 aliphatic carbocycles. The van der Waals surface area contributed by atoms with Crippen molar-refractivity contribution >= 4 is 0 Å². The highest BCUT2D eigenvalue weighted by atomic mass is 15.3. The van der Waals surface area contributed by atoms with Gasteiger partial charge in [-0.2, -0.15) is 0 Å². The molecule has 1 heterocycles. The van der Waals surface area contributed by atoms with Crippen molar-refractivity contribution < 1.29 is 0 Å². The molecule has 1 aliphatic heterocycles. The first-order valence-corrected chi connectivity index (χ1v) is 7.89. The van der Waals surface area contributed by atoms with Gasteiger partial charge in [-0.3, -0.25) is 4.90 Å². The van der Waals surface area contributed by atoms with E-state index in [0.717, 1.165) is 13.1 Å². The predicted octanol–water partition coefficient (Wildman–Crippen LogP) is 2.33. The number of nitrogens with two attached hydrogens (primary N) is 1. The molecule has 1 aromatic carbocycles. The molecule has 0 bridgehead atoms. The van der Waals surface area contributed by atoms with Crippen molar-refractivity contribution in [1.82, 2.24) is 9.80 Å². The minimum absolute atomic E-state index is 0.374. The van der Waals surface area contributed by atoms with E-state index in [4.69, 9.17) is 5.73 Å². The van der Waals surface area contributed by atoms with E-state index in [1.165, 1.54) is 42.7 Å². The van der Waals surface area contributed by atoms with Crippen LogP contribution >= 0.6 is 0 Å². The number of nitrogens with zero attached hydrogens (tertiary/aromatic N) is 2. The van der Waals surface area contributed by atoms with Crippen LogP contribution in [0.3, 0.4) is 0 Å². The van der Waals surface area contributed by atoms with Gasteiger partial charge in [0.1, 0.15) is 0 Å². The Labute approximate surface area is 123 Å². The van der Waals surface area contributed by atoms with Crippen LogP contribution in [0, 0.1) is 13.8 Å². The monoisotopic (exact) mass is 275 g/mol. The van der Waals surface area contributed by atoms with Crippen LogP contribution in [-0.2, 0) is 0 Å². The van der Waals surface area contributed by atoms with Crippen molar-refractivity contribution in [3.8, 4) is 0 Å². The number of aryl methyl sites for hydroxylation is 2. The lowest BCUT2D eigenvalue weighted by Gasteiger charge is -2.39. The molecular weight excluding hydrogens is 246 g/mol. The molecule has 20 heavy (non-hydrogen) atoms. The minimum Gasteiger partial charge on any atom is -0.329 e. The lowest BCUT2D eigenvalue weighted by atomic mass is 9.97. The molecule has 0 amide bonds. The molecule has 1 atom stereocenters. The molecule has 112 valence electrons. The summed E-state index contributed by atoms with van der Waals surface area (Å²) in [6, 6.07) is 7.09. The first kappa shape index (κ1) is 15.5. The Morgan fingerprint density at radius 1 is 1.15 bits per heavy atom. The van der Waals surface area contributed by atoms with E-state index < -0.39 is 0 Å². The SMILES string of the molecule is CCCN1CCN(C(CN)c2cc(C)ccc2C)CC1. The van der Waals surface area contributed by atoms with Crippen molar-refractivity contribution in [3.05, 3.63) is 34.9 Å². The summed E-state index contributed by atoms with van der Waals surface area (Å²) in [4.78, 5) is 5.13. The Morgan fingerprint density at radius 2 is 1.85 bits per heavy atom. The highest BCUT2D eigenvalue weighted by molar-refractivity contribution is 5.33. The van der Waals surface area contributed by atoms with Crippen LogP contribution in [0.15, 0.2) is 18.2 Å². The maximum absolute atomic E-state index is 6.09. The van der Waals surface area contributed by atoms with Crippen molar-refractivity contribution in [2.24, 2.45) is 5.73 Å². The summed E-state index contributed by atoms with van der Waals surface area (Å²) in [5, 5.41) is 0. The molecule has 0 aromatic heterocycles. The topological polar surface area (TPSA) is 32.5 Å². The van der Waals surface area contributed by atoms with Crippen LogP contribution in [0.2, 0.25) is 0 Å². The Balaban J connectivity index is 2.07. The Hall–Kier alpha value is -0.900. The van der Waals surface area contributed by atoms with Gasteiger partial charge in [0.25, 0.3) is 0 Å². The van der Waals surface area contributed by atoms with Crippen molar-refractivity contribution in [2.45, 2.75) is 33.2 Å². The van der Waals surface area contributed by atoms with Crippen LogP contribution in [0.4, 0.5) is 0 Å². The molecule has 1 aliphatic rings. The van der Waals surface area contributed by atoms with E-state index in [9.17, 15) is 0 Å². The predicted molar refractivity (Wildman–Crippen MR) is 86.0 cm³/mol. The number of rotatable bonds is 5. The molecule has 2 rings (SSSR count). The Bertz CT molecular complexity index is 422. The molecule has 1 fully saturated rings. The third-order valence-electron chi connectivity index (χ3n) is 4.40. The standard InChI is InChI=1S/C17H29N3/c1-4-7-19-8-10-20(11-9-19)17(13-18)16-12-14(2)5-6-15(16)3/h5-6,12,17H,4,7-11,13,18H2,1-3H3. The van der Waals surface area contributed by atoms with E-state index >= 15 is 0 Å². The van der Waals surface area contributed by atoms with Crippen molar-refractivity contribution in [1.29, 1.82) is 0 Å². The second-order valence-corrected chi connectivity index (χ2v) is 5.99. The van der Waals surface area contributed by atoms with Gasteiger partial charge in [0.2, 0.25) is 0 Å². The Morgan fingerprint density at radius 3 is 2.45 bits per heavy atom. The van der Waals surface area contributed by atoms with E-state index in [0.29, 0.717) is 12.6 Å². The third-order valence-corrected chi connectivity index (χ3v) is 4.40. The number of piperazine rings is 1. The summed E-state index contributed by atoms with van der Waals surface area (Å²) in [6.45, 7) is 13.2. The molecular formula is C17H29N3. The molecule has 0 saturated carbocycles. The summed E-state index contributed by atoms with van der Waals surface area (Å²) in [5.74, 6) is 0. The summed E-state index contributed by atoms with van der Waals surface area (Å²) in [5.41, 5.74) is 10.2. The van der Waals surface area contributed by atoms with Gasteiger partial charge in [0.15, 0.2) is 0 Å². The van der Waals surface area contributed by atoms with Crippen LogP contribution < -0.4 is 5.73 Å². The van der Waals surface area contributed by atoms with Gasteiger partial charge in [-0.15, -0.1) is 0 Å². The van der Waals surface area contributed by atoms with E-state index in [-0.39, 0.29) is 0 Å². The molecule has 1 aromatic rings. The fraction of sp³-hybridized carbons (Fsp3) is 0.647. The summed E-state index contributed by atoms with van der Waals surface area (Å²) in [6.07, 6.45) is 1.25. The van der Waals surface area contributed by atoms with Gasteiger partial charge in [-0.05, 0) is 37.9 Å². The maximum Gasteiger partial charge on any atom is 0.0474 e. The molecule has 3 heteroatoms. The summed E-state index contributed by atoms with van der Waals surface area (Å²) < 4.78 is 0. The molecule has 1 unspecified atom stereocenters. The van der Waals surface area contributed by atoms with Crippen molar-refractivity contribution in [3.63, 3.8) is 0 Å². The zero-order valence-corrected chi connectivity index (χ0v) is 13.2. The fourth-order valence-corrected chi connectivity index (χ4v) is 3.21. The minimum atomic E-state index is 0.374. The lowest BCUT2D eigenvalue weighted by Crippen LogP contribution is -2.49. The fourth-order valence-electron chi connectivity index (χ4n) is 3.21. The molecule has 3 nitrogen and oxygen atoms in total. The average molecular weight is 275 g/mol. The number of hydrogen-bond acceptors (Lipinski definition) is 3. The van der Waals surface area contributed by atoms with Gasteiger partial charge < -0.3 is 10.6 Å². The van der Waals surface area contributed by atoms with Gasteiger partial charge in [0, 0.05) is 38.8 Å². The van der Waals surface area contributed by atoms with E-state index in [1.54, 1.807) is 0 Å². The number of hydrogen-bond donors (Lipinski definition) is 1. The zero-order valence-electron chi connectivity index (χ0n) is 13.2. The van der Waals surface area contributed by atoms with E-state index in [1.807, 2.05) is 0 Å². The highest BCUT2D eigenvalue weighted by Gasteiger charge is 2.24. The molecule has 2 N–H and O–H groups in total. The molecule has 1 saturated heterocycles. The average Bonchev–Trinajstić information content (AvgIpc) is 2.45. The summed E-state index contributed by atoms with van der Waals surface area (Å²) in [7, 11) is 0. The van der Waals surface area contributed by atoms with Gasteiger partial charge in [0.05, 0.1) is 0 Å². The van der Waals surface area contributed by atoms with E-state index in [2.05, 4.69) is 48.8 Å². The molecule has 0 spiro atoms. The third kappa shape index (κ3) is 3.60. The highest BCUT2D eigenvalue weighted by Crippen LogP contribution is 2.25. The van der Waals surface area contributed by atoms with Crippen LogP contribution in [-0.4, -0.2) is 49.1 Å². The van der Waals surface area contributed by atoms with Crippen LogP contribution in [0.25, 0.3) is 0 Å².